The van der Waals surface area contributed by atoms with Crippen molar-refractivity contribution in [2.24, 2.45) is 0 Å². The SMILES string of the molecule is Cc1c(CNc2ncncc2Cl)oc2ccccc12. The Kier molecular flexibility index (Phi) is 3.09. The number of para-hydroxylation sites is 1. The smallest absolute Gasteiger partial charge is 0.148 e. The maximum absolute atomic E-state index is 5.99. The molecule has 4 nitrogen and oxygen atoms in total. The maximum atomic E-state index is 5.99. The molecule has 0 bridgehead atoms. The van der Waals surface area contributed by atoms with Crippen LogP contribution < -0.4 is 5.32 Å². The molecule has 0 aliphatic rings. The number of benzene rings is 1. The number of hydrogen-bond acceptors (Lipinski definition) is 4. The van der Waals surface area contributed by atoms with E-state index in [-0.39, 0.29) is 0 Å². The van der Waals surface area contributed by atoms with Crippen LogP contribution in [0.1, 0.15) is 11.3 Å². The quantitative estimate of drug-likeness (QED) is 0.789. The summed E-state index contributed by atoms with van der Waals surface area (Å²) in [6.45, 7) is 2.58. The first-order valence-electron chi connectivity index (χ1n) is 5.92. The van der Waals surface area contributed by atoms with Crippen molar-refractivity contribution in [1.29, 1.82) is 0 Å². The number of rotatable bonds is 3. The molecule has 3 rings (SSSR count). The van der Waals surface area contributed by atoms with Gasteiger partial charge in [-0.15, -0.1) is 0 Å². The van der Waals surface area contributed by atoms with E-state index < -0.39 is 0 Å². The van der Waals surface area contributed by atoms with E-state index >= 15 is 0 Å². The Morgan fingerprint density at radius 1 is 1.32 bits per heavy atom. The summed E-state index contributed by atoms with van der Waals surface area (Å²) in [6.07, 6.45) is 3.02. The van der Waals surface area contributed by atoms with Crippen molar-refractivity contribution in [3.8, 4) is 0 Å². The lowest BCUT2D eigenvalue weighted by molar-refractivity contribution is 0.555. The average Bonchev–Trinajstić information content (AvgIpc) is 2.75. The molecule has 1 N–H and O–H groups in total. The van der Waals surface area contributed by atoms with Gasteiger partial charge in [-0.2, -0.15) is 0 Å². The summed E-state index contributed by atoms with van der Waals surface area (Å²) in [5.74, 6) is 1.49. The highest BCUT2D eigenvalue weighted by Crippen LogP contribution is 2.26. The fraction of sp³-hybridized carbons (Fsp3) is 0.143. The highest BCUT2D eigenvalue weighted by Gasteiger charge is 2.10. The Morgan fingerprint density at radius 3 is 2.95 bits per heavy atom. The second-order valence-corrected chi connectivity index (χ2v) is 4.63. The van der Waals surface area contributed by atoms with Crippen molar-refractivity contribution in [3.05, 3.63) is 53.1 Å². The molecule has 0 amide bonds. The van der Waals surface area contributed by atoms with Crippen LogP contribution in [0.2, 0.25) is 5.02 Å². The minimum atomic E-state index is 0.497. The van der Waals surface area contributed by atoms with Crippen LogP contribution >= 0.6 is 11.6 Å². The fourth-order valence-electron chi connectivity index (χ4n) is 2.00. The second-order valence-electron chi connectivity index (χ2n) is 4.22. The van der Waals surface area contributed by atoms with Gasteiger partial charge >= 0.3 is 0 Å². The van der Waals surface area contributed by atoms with Crippen molar-refractivity contribution in [1.82, 2.24) is 9.97 Å². The summed E-state index contributed by atoms with van der Waals surface area (Å²) in [7, 11) is 0. The molecule has 0 saturated heterocycles. The third-order valence-corrected chi connectivity index (χ3v) is 3.30. The lowest BCUT2D eigenvalue weighted by Gasteiger charge is -2.05. The first-order chi connectivity index (χ1) is 9.25. The van der Waals surface area contributed by atoms with Gasteiger partial charge in [0.05, 0.1) is 12.7 Å². The number of nitrogens with one attached hydrogen (secondary N) is 1. The maximum Gasteiger partial charge on any atom is 0.148 e. The highest BCUT2D eigenvalue weighted by atomic mass is 35.5. The van der Waals surface area contributed by atoms with E-state index in [1.165, 1.54) is 6.33 Å². The second kappa shape index (κ2) is 4.90. The van der Waals surface area contributed by atoms with E-state index in [4.69, 9.17) is 16.0 Å². The summed E-state index contributed by atoms with van der Waals surface area (Å²) >= 11 is 5.99. The molecule has 5 heteroatoms. The zero-order chi connectivity index (χ0) is 13.2. The molecule has 0 aliphatic heterocycles. The summed E-state index contributed by atoms with van der Waals surface area (Å²) in [4.78, 5) is 7.93. The molecule has 0 saturated carbocycles. The van der Waals surface area contributed by atoms with E-state index in [1.807, 2.05) is 25.1 Å². The molecule has 0 atom stereocenters. The average molecular weight is 274 g/mol. The van der Waals surface area contributed by atoms with Crippen LogP contribution in [-0.4, -0.2) is 9.97 Å². The molecule has 2 heterocycles. The minimum absolute atomic E-state index is 0.497. The van der Waals surface area contributed by atoms with E-state index in [9.17, 15) is 0 Å². The molecule has 0 aliphatic carbocycles. The number of aromatic nitrogens is 2. The Hall–Kier alpha value is -2.07. The zero-order valence-electron chi connectivity index (χ0n) is 10.4. The highest BCUT2D eigenvalue weighted by molar-refractivity contribution is 6.32. The molecule has 0 unspecified atom stereocenters. The van der Waals surface area contributed by atoms with Gasteiger partial charge in [0.2, 0.25) is 0 Å². The van der Waals surface area contributed by atoms with E-state index in [0.717, 1.165) is 22.3 Å². The Labute approximate surface area is 115 Å². The monoisotopic (exact) mass is 273 g/mol. The summed E-state index contributed by atoms with van der Waals surface area (Å²) in [5.41, 5.74) is 2.03. The summed E-state index contributed by atoms with van der Waals surface area (Å²) in [6, 6.07) is 7.98. The molecule has 2 aromatic heterocycles. The largest absolute Gasteiger partial charge is 0.459 e. The number of aryl methyl sites for hydroxylation is 1. The Bertz CT molecular complexity index is 724. The molecular weight excluding hydrogens is 262 g/mol. The Morgan fingerprint density at radius 2 is 2.16 bits per heavy atom. The minimum Gasteiger partial charge on any atom is -0.459 e. The van der Waals surface area contributed by atoms with Gasteiger partial charge in [-0.25, -0.2) is 9.97 Å². The van der Waals surface area contributed by atoms with Crippen molar-refractivity contribution in [2.75, 3.05) is 5.32 Å². The first kappa shape index (κ1) is 12.0. The standard InChI is InChI=1S/C14H12ClN3O/c1-9-10-4-2-3-5-12(10)19-13(9)7-17-14-11(15)6-16-8-18-14/h2-6,8H,7H2,1H3,(H,16,17,18). The molecule has 3 aromatic rings. The normalized spacial score (nSPS) is 10.8. The van der Waals surface area contributed by atoms with Crippen LogP contribution in [0.15, 0.2) is 41.2 Å². The number of anilines is 1. The van der Waals surface area contributed by atoms with Crippen molar-refractivity contribution in [3.63, 3.8) is 0 Å². The molecule has 0 spiro atoms. The van der Waals surface area contributed by atoms with Gasteiger partial charge in [0.15, 0.2) is 0 Å². The number of furan rings is 1. The van der Waals surface area contributed by atoms with E-state index in [1.54, 1.807) is 6.20 Å². The molecule has 1 aromatic carbocycles. The number of fused-ring (bicyclic) bond motifs is 1. The third-order valence-electron chi connectivity index (χ3n) is 3.03. The zero-order valence-corrected chi connectivity index (χ0v) is 11.1. The van der Waals surface area contributed by atoms with Gasteiger partial charge in [-0.05, 0) is 13.0 Å². The topological polar surface area (TPSA) is 51.0 Å². The van der Waals surface area contributed by atoms with Crippen LogP contribution in [-0.2, 0) is 6.54 Å². The van der Waals surface area contributed by atoms with Crippen molar-refractivity contribution >= 4 is 28.4 Å². The van der Waals surface area contributed by atoms with Crippen molar-refractivity contribution < 1.29 is 4.42 Å². The number of halogens is 1. The molecule has 96 valence electrons. The molecule has 0 radical (unpaired) electrons. The van der Waals surface area contributed by atoms with Crippen LogP contribution in [0.25, 0.3) is 11.0 Å². The van der Waals surface area contributed by atoms with E-state index in [2.05, 4.69) is 21.4 Å². The van der Waals surface area contributed by atoms with Crippen molar-refractivity contribution in [2.45, 2.75) is 13.5 Å². The molecule has 0 fully saturated rings. The predicted octanol–water partition coefficient (Wildman–Crippen LogP) is 3.80. The number of nitrogens with zero attached hydrogens (tertiary/aromatic N) is 2. The predicted molar refractivity (Wildman–Crippen MR) is 75.3 cm³/mol. The fourth-order valence-corrected chi connectivity index (χ4v) is 2.17. The van der Waals surface area contributed by atoms with Crippen LogP contribution in [0.5, 0.6) is 0 Å². The number of hydrogen-bond donors (Lipinski definition) is 1. The lowest BCUT2D eigenvalue weighted by atomic mass is 10.1. The van der Waals surface area contributed by atoms with E-state index in [0.29, 0.717) is 17.4 Å². The van der Waals surface area contributed by atoms with Gasteiger partial charge < -0.3 is 9.73 Å². The van der Waals surface area contributed by atoms with Gasteiger partial charge in [-0.3, -0.25) is 0 Å². The van der Waals surface area contributed by atoms with Crippen LogP contribution in [0.3, 0.4) is 0 Å². The Balaban J connectivity index is 1.86. The van der Waals surface area contributed by atoms with Gasteiger partial charge in [0.1, 0.15) is 28.5 Å². The lowest BCUT2D eigenvalue weighted by Crippen LogP contribution is -2.02. The van der Waals surface area contributed by atoms with Crippen LogP contribution in [0, 0.1) is 6.92 Å². The first-order valence-corrected chi connectivity index (χ1v) is 6.30. The third kappa shape index (κ3) is 2.27. The molecular formula is C14H12ClN3O. The van der Waals surface area contributed by atoms with Gasteiger partial charge in [-0.1, -0.05) is 29.8 Å². The van der Waals surface area contributed by atoms with Gasteiger partial charge in [0, 0.05) is 10.9 Å². The van der Waals surface area contributed by atoms with Crippen LogP contribution in [0.4, 0.5) is 5.82 Å². The van der Waals surface area contributed by atoms with Gasteiger partial charge in [0.25, 0.3) is 0 Å². The summed E-state index contributed by atoms with van der Waals surface area (Å²) < 4.78 is 5.81. The molecule has 19 heavy (non-hydrogen) atoms. The summed E-state index contributed by atoms with van der Waals surface area (Å²) in [5, 5.41) is 4.78.